The van der Waals surface area contributed by atoms with Gasteiger partial charge in [0.05, 0.1) is 19.3 Å². The lowest BCUT2D eigenvalue weighted by molar-refractivity contribution is -0.147. The van der Waals surface area contributed by atoms with Crippen LogP contribution in [0, 0.1) is 0 Å². The van der Waals surface area contributed by atoms with E-state index >= 15 is 0 Å². The summed E-state index contributed by atoms with van der Waals surface area (Å²) in [5.41, 5.74) is 7.19. The highest BCUT2D eigenvalue weighted by molar-refractivity contribution is 5.94. The van der Waals surface area contributed by atoms with Crippen LogP contribution < -0.4 is 5.73 Å². The van der Waals surface area contributed by atoms with Crippen molar-refractivity contribution in [1.82, 2.24) is 4.90 Å². The van der Waals surface area contributed by atoms with Crippen LogP contribution in [0.2, 0.25) is 0 Å². The number of benzene rings is 1. The summed E-state index contributed by atoms with van der Waals surface area (Å²) in [6.07, 6.45) is -0.394. The molecule has 1 aliphatic rings. The van der Waals surface area contributed by atoms with Crippen molar-refractivity contribution in [1.29, 1.82) is 0 Å². The summed E-state index contributed by atoms with van der Waals surface area (Å²) < 4.78 is 16.5. The molecule has 0 spiro atoms. The van der Waals surface area contributed by atoms with Gasteiger partial charge in [-0.15, -0.1) is 12.4 Å². The van der Waals surface area contributed by atoms with Gasteiger partial charge in [0.1, 0.15) is 12.2 Å². The number of carbonyl (C=O) groups excluding carboxylic acids is 1. The lowest BCUT2D eigenvalue weighted by Crippen LogP contribution is -2.57. The summed E-state index contributed by atoms with van der Waals surface area (Å²) >= 11 is 0. The minimum atomic E-state index is -0.212. The first-order valence-electron chi connectivity index (χ1n) is 7.31. The van der Waals surface area contributed by atoms with Crippen LogP contribution in [0.15, 0.2) is 24.3 Å². The predicted octanol–water partition coefficient (Wildman–Crippen LogP) is 1.07. The Morgan fingerprint density at radius 3 is 2.43 bits per heavy atom. The minimum Gasteiger partial charge on any atom is -0.376 e. The Bertz CT molecular complexity index is 497. The fraction of sp³-hybridized carbons (Fsp3) is 0.562. The van der Waals surface area contributed by atoms with Crippen molar-refractivity contribution < 1.29 is 19.0 Å². The highest BCUT2D eigenvalue weighted by atomic mass is 35.5. The van der Waals surface area contributed by atoms with Crippen molar-refractivity contribution in [2.75, 3.05) is 34.5 Å². The van der Waals surface area contributed by atoms with Gasteiger partial charge >= 0.3 is 0 Å². The molecule has 0 aliphatic carbocycles. The molecule has 1 aromatic rings. The van der Waals surface area contributed by atoms with E-state index in [-0.39, 0.29) is 36.6 Å². The summed E-state index contributed by atoms with van der Waals surface area (Å²) in [5, 5.41) is 0. The zero-order chi connectivity index (χ0) is 16.1. The van der Waals surface area contributed by atoms with Crippen molar-refractivity contribution in [2.45, 2.75) is 24.8 Å². The van der Waals surface area contributed by atoms with Crippen LogP contribution in [-0.2, 0) is 20.8 Å². The van der Waals surface area contributed by atoms with Gasteiger partial charge in [-0.25, -0.2) is 0 Å². The van der Waals surface area contributed by atoms with E-state index in [4.69, 9.17) is 19.9 Å². The largest absolute Gasteiger partial charge is 0.376 e. The van der Waals surface area contributed by atoms with E-state index in [9.17, 15) is 4.79 Å². The normalized spacial score (nSPS) is 23.9. The van der Waals surface area contributed by atoms with E-state index in [1.54, 1.807) is 38.3 Å². The summed E-state index contributed by atoms with van der Waals surface area (Å²) in [6, 6.07) is 7.13. The van der Waals surface area contributed by atoms with Gasteiger partial charge in [-0.05, 0) is 17.7 Å². The van der Waals surface area contributed by atoms with Gasteiger partial charge in [0.2, 0.25) is 0 Å². The average molecular weight is 345 g/mol. The number of methoxy groups -OCH3 is 2. The number of amides is 1. The standard InChI is InChI=1S/C16H24N2O4.ClH/c1-18(13-9-22-10-14(20-2)15(13)21-3)16(19)12-6-4-11(8-17)5-7-12;/h4-7,13-15H,8-10,17H2,1-3H3;1H/t13-,14-,15+;/m1./s1. The van der Waals surface area contributed by atoms with E-state index in [1.807, 2.05) is 12.1 Å². The Morgan fingerprint density at radius 1 is 1.26 bits per heavy atom. The van der Waals surface area contributed by atoms with Gasteiger partial charge < -0.3 is 24.8 Å². The Labute approximate surface area is 143 Å². The molecule has 1 saturated heterocycles. The van der Waals surface area contributed by atoms with Crippen LogP contribution in [0.5, 0.6) is 0 Å². The number of likely N-dealkylation sites (N-methyl/N-ethyl adjacent to an activating group) is 1. The van der Waals surface area contributed by atoms with Crippen molar-refractivity contribution >= 4 is 18.3 Å². The Balaban J connectivity index is 0.00000264. The van der Waals surface area contributed by atoms with Crippen molar-refractivity contribution in [3.63, 3.8) is 0 Å². The van der Waals surface area contributed by atoms with Crippen LogP contribution >= 0.6 is 12.4 Å². The maximum atomic E-state index is 12.6. The Morgan fingerprint density at radius 2 is 1.91 bits per heavy atom. The number of nitrogens with zero attached hydrogens (tertiary/aromatic N) is 1. The molecule has 23 heavy (non-hydrogen) atoms. The second-order valence-corrected chi connectivity index (χ2v) is 5.40. The molecule has 2 N–H and O–H groups in total. The molecule has 2 rings (SSSR count). The number of halogens is 1. The second kappa shape index (κ2) is 9.20. The second-order valence-electron chi connectivity index (χ2n) is 5.40. The summed E-state index contributed by atoms with van der Waals surface area (Å²) in [6.45, 7) is 1.36. The molecule has 1 aliphatic heterocycles. The molecule has 0 unspecified atom stereocenters. The van der Waals surface area contributed by atoms with Crippen LogP contribution in [0.1, 0.15) is 15.9 Å². The predicted molar refractivity (Wildman–Crippen MR) is 89.9 cm³/mol. The van der Waals surface area contributed by atoms with Gasteiger partial charge in [-0.3, -0.25) is 4.79 Å². The van der Waals surface area contributed by atoms with Gasteiger partial charge in [0, 0.05) is 33.4 Å². The summed E-state index contributed by atoms with van der Waals surface area (Å²) in [4.78, 5) is 14.3. The van der Waals surface area contributed by atoms with Gasteiger partial charge in [0.25, 0.3) is 5.91 Å². The van der Waals surface area contributed by atoms with E-state index in [1.165, 1.54) is 0 Å². The third-order valence-corrected chi connectivity index (χ3v) is 4.15. The SMILES string of the molecule is CO[C@H]1[C@H](N(C)C(=O)c2ccc(CN)cc2)COC[C@H]1OC.Cl. The third kappa shape index (κ3) is 4.43. The molecule has 1 fully saturated rings. The fourth-order valence-electron chi connectivity index (χ4n) is 2.72. The minimum absolute atomic E-state index is 0. The Hall–Kier alpha value is -1.18. The van der Waals surface area contributed by atoms with E-state index in [0.717, 1.165) is 5.56 Å². The van der Waals surface area contributed by atoms with Crippen LogP contribution in [0.3, 0.4) is 0 Å². The lowest BCUT2D eigenvalue weighted by atomic mass is 10.0. The fourth-order valence-corrected chi connectivity index (χ4v) is 2.72. The zero-order valence-electron chi connectivity index (χ0n) is 13.7. The molecule has 0 radical (unpaired) electrons. The Kier molecular flexibility index (Phi) is 7.94. The molecule has 1 amide bonds. The van der Waals surface area contributed by atoms with Gasteiger partial charge in [-0.2, -0.15) is 0 Å². The highest BCUT2D eigenvalue weighted by Gasteiger charge is 2.38. The van der Waals surface area contributed by atoms with E-state index in [0.29, 0.717) is 25.3 Å². The van der Waals surface area contributed by atoms with Crippen LogP contribution in [0.4, 0.5) is 0 Å². The van der Waals surface area contributed by atoms with Crippen molar-refractivity contribution in [3.8, 4) is 0 Å². The monoisotopic (exact) mass is 344 g/mol. The van der Waals surface area contributed by atoms with E-state index in [2.05, 4.69) is 0 Å². The molecule has 6 nitrogen and oxygen atoms in total. The highest BCUT2D eigenvalue weighted by Crippen LogP contribution is 2.20. The topological polar surface area (TPSA) is 74.0 Å². The molecule has 1 heterocycles. The molecule has 1 aromatic carbocycles. The number of nitrogens with two attached hydrogens (primary N) is 1. The quantitative estimate of drug-likeness (QED) is 0.864. The van der Waals surface area contributed by atoms with Crippen LogP contribution in [-0.4, -0.2) is 63.5 Å². The molecule has 7 heteroatoms. The number of carbonyl (C=O) groups is 1. The molecule has 3 atom stereocenters. The maximum absolute atomic E-state index is 12.6. The van der Waals surface area contributed by atoms with Crippen LogP contribution in [0.25, 0.3) is 0 Å². The van der Waals surface area contributed by atoms with E-state index < -0.39 is 0 Å². The molecule has 130 valence electrons. The number of ether oxygens (including phenoxy) is 3. The van der Waals surface area contributed by atoms with Gasteiger partial charge in [-0.1, -0.05) is 12.1 Å². The lowest BCUT2D eigenvalue weighted by Gasteiger charge is -2.40. The summed E-state index contributed by atoms with van der Waals surface area (Å²) in [7, 11) is 5.01. The van der Waals surface area contributed by atoms with Crippen molar-refractivity contribution in [2.24, 2.45) is 5.73 Å². The molecular formula is C16H25ClN2O4. The summed E-state index contributed by atoms with van der Waals surface area (Å²) in [5.74, 6) is -0.0732. The zero-order valence-corrected chi connectivity index (χ0v) is 14.5. The molecule has 0 bridgehead atoms. The smallest absolute Gasteiger partial charge is 0.254 e. The van der Waals surface area contributed by atoms with Crippen molar-refractivity contribution in [3.05, 3.63) is 35.4 Å². The molecular weight excluding hydrogens is 320 g/mol. The van der Waals surface area contributed by atoms with Gasteiger partial charge in [0.15, 0.2) is 0 Å². The molecule has 0 aromatic heterocycles. The number of rotatable bonds is 5. The first-order valence-corrected chi connectivity index (χ1v) is 7.31. The number of hydrogen-bond donors (Lipinski definition) is 1. The first kappa shape index (κ1) is 19.9. The first-order chi connectivity index (χ1) is 10.6. The molecule has 0 saturated carbocycles. The maximum Gasteiger partial charge on any atom is 0.254 e. The third-order valence-electron chi connectivity index (χ3n) is 4.15. The average Bonchev–Trinajstić information content (AvgIpc) is 2.59. The number of hydrogen-bond acceptors (Lipinski definition) is 5.